The van der Waals surface area contributed by atoms with Crippen LogP contribution in [0.2, 0.25) is 0 Å². The van der Waals surface area contributed by atoms with Crippen molar-refractivity contribution in [2.24, 2.45) is 0 Å². The highest BCUT2D eigenvalue weighted by Gasteiger charge is 2.28. The first-order valence-corrected chi connectivity index (χ1v) is 9.58. The van der Waals surface area contributed by atoms with E-state index in [0.29, 0.717) is 12.1 Å². The van der Waals surface area contributed by atoms with Crippen molar-refractivity contribution in [1.29, 1.82) is 0 Å². The van der Waals surface area contributed by atoms with Gasteiger partial charge in [0.05, 0.1) is 0 Å². The van der Waals surface area contributed by atoms with Crippen molar-refractivity contribution in [3.8, 4) is 0 Å². The SMILES string of the molecule is CCc1ccc(C(CN2CCCC2)N2CCNC(CC)C2)cc1. The molecule has 0 aliphatic carbocycles. The van der Waals surface area contributed by atoms with Crippen molar-refractivity contribution in [3.05, 3.63) is 35.4 Å². The molecule has 0 bridgehead atoms. The maximum absolute atomic E-state index is 3.66. The van der Waals surface area contributed by atoms with E-state index in [2.05, 4.69) is 53.2 Å². The Morgan fingerprint density at radius 2 is 1.83 bits per heavy atom. The quantitative estimate of drug-likeness (QED) is 0.870. The Kier molecular flexibility index (Phi) is 6.09. The van der Waals surface area contributed by atoms with Crippen LogP contribution in [0.25, 0.3) is 0 Å². The number of aryl methyl sites for hydroxylation is 1. The summed E-state index contributed by atoms with van der Waals surface area (Å²) in [7, 11) is 0. The van der Waals surface area contributed by atoms with Crippen LogP contribution in [0.5, 0.6) is 0 Å². The summed E-state index contributed by atoms with van der Waals surface area (Å²) in [4.78, 5) is 5.39. The molecule has 2 heterocycles. The molecular formula is C20H33N3. The smallest absolute Gasteiger partial charge is 0.0476 e. The molecule has 1 aromatic carbocycles. The highest BCUT2D eigenvalue weighted by molar-refractivity contribution is 5.25. The molecular weight excluding hydrogens is 282 g/mol. The Bertz CT molecular complexity index is 464. The van der Waals surface area contributed by atoms with E-state index in [1.807, 2.05) is 0 Å². The van der Waals surface area contributed by atoms with Gasteiger partial charge in [0.1, 0.15) is 0 Å². The minimum absolute atomic E-state index is 0.551. The van der Waals surface area contributed by atoms with Gasteiger partial charge in [-0.1, -0.05) is 38.1 Å². The topological polar surface area (TPSA) is 18.5 Å². The molecule has 1 N–H and O–H groups in total. The second-order valence-electron chi connectivity index (χ2n) is 7.17. The van der Waals surface area contributed by atoms with Crippen LogP contribution in [0.3, 0.4) is 0 Å². The van der Waals surface area contributed by atoms with Crippen molar-refractivity contribution in [3.63, 3.8) is 0 Å². The third kappa shape index (κ3) is 4.34. The van der Waals surface area contributed by atoms with Crippen molar-refractivity contribution in [2.45, 2.75) is 51.6 Å². The van der Waals surface area contributed by atoms with Gasteiger partial charge in [0, 0.05) is 38.3 Å². The maximum Gasteiger partial charge on any atom is 0.0476 e. The lowest BCUT2D eigenvalue weighted by molar-refractivity contribution is 0.112. The average molecular weight is 316 g/mol. The number of nitrogens with zero attached hydrogens (tertiary/aromatic N) is 2. The van der Waals surface area contributed by atoms with Crippen LogP contribution >= 0.6 is 0 Å². The first kappa shape index (κ1) is 16.9. The van der Waals surface area contributed by atoms with Gasteiger partial charge in [-0.25, -0.2) is 0 Å². The number of piperazine rings is 1. The molecule has 2 saturated heterocycles. The summed E-state index contributed by atoms with van der Waals surface area (Å²) in [5.41, 5.74) is 2.95. The molecule has 128 valence electrons. The van der Waals surface area contributed by atoms with Crippen LogP contribution in [0.4, 0.5) is 0 Å². The summed E-state index contributed by atoms with van der Waals surface area (Å²) in [6.45, 7) is 11.8. The van der Waals surface area contributed by atoms with Gasteiger partial charge in [-0.05, 0) is 49.9 Å². The molecule has 2 unspecified atom stereocenters. The minimum atomic E-state index is 0.551. The second kappa shape index (κ2) is 8.27. The number of hydrogen-bond donors (Lipinski definition) is 1. The van der Waals surface area contributed by atoms with E-state index in [1.54, 1.807) is 0 Å². The lowest BCUT2D eigenvalue weighted by Gasteiger charge is -2.40. The number of likely N-dealkylation sites (tertiary alicyclic amines) is 1. The molecule has 0 amide bonds. The van der Waals surface area contributed by atoms with Crippen LogP contribution < -0.4 is 5.32 Å². The summed E-state index contributed by atoms with van der Waals surface area (Å²) < 4.78 is 0. The summed E-state index contributed by atoms with van der Waals surface area (Å²) in [6.07, 6.45) is 5.10. The van der Waals surface area contributed by atoms with Gasteiger partial charge < -0.3 is 10.2 Å². The van der Waals surface area contributed by atoms with Crippen LogP contribution in [0.1, 0.15) is 50.3 Å². The summed E-state index contributed by atoms with van der Waals surface area (Å²) >= 11 is 0. The highest BCUT2D eigenvalue weighted by atomic mass is 15.3. The van der Waals surface area contributed by atoms with E-state index >= 15 is 0 Å². The van der Waals surface area contributed by atoms with E-state index in [0.717, 1.165) is 13.0 Å². The van der Waals surface area contributed by atoms with Crippen LogP contribution in [-0.4, -0.2) is 55.1 Å². The Labute approximate surface area is 142 Å². The zero-order valence-electron chi connectivity index (χ0n) is 14.9. The van der Waals surface area contributed by atoms with E-state index in [4.69, 9.17) is 0 Å². The zero-order chi connectivity index (χ0) is 16.1. The largest absolute Gasteiger partial charge is 0.311 e. The fourth-order valence-electron chi connectivity index (χ4n) is 4.02. The molecule has 2 aliphatic heterocycles. The fourth-order valence-corrected chi connectivity index (χ4v) is 4.02. The number of nitrogens with one attached hydrogen (secondary N) is 1. The minimum Gasteiger partial charge on any atom is -0.311 e. The van der Waals surface area contributed by atoms with Crippen molar-refractivity contribution >= 4 is 0 Å². The van der Waals surface area contributed by atoms with E-state index in [9.17, 15) is 0 Å². The van der Waals surface area contributed by atoms with Crippen molar-refractivity contribution < 1.29 is 0 Å². The Morgan fingerprint density at radius 1 is 1.09 bits per heavy atom. The Morgan fingerprint density at radius 3 is 2.48 bits per heavy atom. The molecule has 3 nitrogen and oxygen atoms in total. The van der Waals surface area contributed by atoms with Crippen molar-refractivity contribution in [2.75, 3.05) is 39.3 Å². The van der Waals surface area contributed by atoms with Gasteiger partial charge in [-0.15, -0.1) is 0 Å². The maximum atomic E-state index is 3.66. The van der Waals surface area contributed by atoms with Gasteiger partial charge in [0.2, 0.25) is 0 Å². The Balaban J connectivity index is 1.76. The third-order valence-electron chi connectivity index (χ3n) is 5.62. The van der Waals surface area contributed by atoms with Crippen LogP contribution in [0, 0.1) is 0 Å². The summed E-state index contributed by atoms with van der Waals surface area (Å²) in [5, 5.41) is 3.66. The Hall–Kier alpha value is -0.900. The molecule has 0 saturated carbocycles. The molecule has 0 radical (unpaired) electrons. The molecule has 2 atom stereocenters. The molecule has 3 rings (SSSR count). The molecule has 1 aromatic rings. The first-order valence-electron chi connectivity index (χ1n) is 9.58. The van der Waals surface area contributed by atoms with E-state index in [-0.39, 0.29) is 0 Å². The number of rotatable bonds is 6. The van der Waals surface area contributed by atoms with E-state index in [1.165, 1.54) is 63.1 Å². The van der Waals surface area contributed by atoms with Gasteiger partial charge >= 0.3 is 0 Å². The number of benzene rings is 1. The summed E-state index contributed by atoms with van der Waals surface area (Å²) in [5.74, 6) is 0. The number of hydrogen-bond acceptors (Lipinski definition) is 3. The predicted molar refractivity (Wildman–Crippen MR) is 97.9 cm³/mol. The van der Waals surface area contributed by atoms with Crippen LogP contribution in [0.15, 0.2) is 24.3 Å². The first-order chi connectivity index (χ1) is 11.3. The molecule has 23 heavy (non-hydrogen) atoms. The van der Waals surface area contributed by atoms with Gasteiger partial charge in [0.25, 0.3) is 0 Å². The van der Waals surface area contributed by atoms with Gasteiger partial charge in [-0.2, -0.15) is 0 Å². The average Bonchev–Trinajstić information content (AvgIpc) is 3.13. The lowest BCUT2D eigenvalue weighted by Crippen LogP contribution is -2.52. The highest BCUT2D eigenvalue weighted by Crippen LogP contribution is 2.26. The molecule has 0 spiro atoms. The fraction of sp³-hybridized carbons (Fsp3) is 0.700. The van der Waals surface area contributed by atoms with E-state index < -0.39 is 0 Å². The molecule has 0 aromatic heterocycles. The molecule has 2 aliphatic rings. The lowest BCUT2D eigenvalue weighted by atomic mass is 10.00. The monoisotopic (exact) mass is 315 g/mol. The summed E-state index contributed by atoms with van der Waals surface area (Å²) in [6, 6.07) is 10.6. The standard InChI is InChI=1S/C20H33N3/c1-3-17-7-9-18(10-8-17)20(16-22-12-5-6-13-22)23-14-11-21-19(4-2)15-23/h7-10,19-21H,3-6,11-16H2,1-2H3. The van der Waals surface area contributed by atoms with Crippen LogP contribution in [-0.2, 0) is 6.42 Å². The zero-order valence-corrected chi connectivity index (χ0v) is 14.9. The molecule has 3 heteroatoms. The third-order valence-corrected chi connectivity index (χ3v) is 5.62. The molecule has 2 fully saturated rings. The second-order valence-corrected chi connectivity index (χ2v) is 7.17. The van der Waals surface area contributed by atoms with Gasteiger partial charge in [0.15, 0.2) is 0 Å². The van der Waals surface area contributed by atoms with Crippen molar-refractivity contribution in [1.82, 2.24) is 15.1 Å². The predicted octanol–water partition coefficient (Wildman–Crippen LogP) is 3.07. The van der Waals surface area contributed by atoms with Gasteiger partial charge in [-0.3, -0.25) is 4.90 Å². The normalized spacial score (nSPS) is 24.9.